The first kappa shape index (κ1) is 18.9. The molecule has 1 fully saturated rings. The molecule has 5 aromatic rings. The Labute approximate surface area is 183 Å². The molecule has 8 nitrogen and oxygen atoms in total. The molecule has 160 valence electrons. The number of anilines is 1. The zero-order chi connectivity index (χ0) is 21.7. The smallest absolute Gasteiger partial charge is 0.160 e. The van der Waals surface area contributed by atoms with Crippen LogP contribution in [0.1, 0.15) is 24.8 Å². The number of H-pyrrole nitrogens is 2. The summed E-state index contributed by atoms with van der Waals surface area (Å²) in [5, 5.41) is 7.49. The van der Waals surface area contributed by atoms with Crippen LogP contribution >= 0.6 is 0 Å². The number of nitrogens with zero attached hydrogens (tertiary/aromatic N) is 6. The molecule has 1 saturated heterocycles. The minimum atomic E-state index is -0.398. The second-order valence-electron chi connectivity index (χ2n) is 8.14. The number of aromatic amines is 2. The second-order valence-corrected chi connectivity index (χ2v) is 8.14. The number of hydrogen-bond acceptors (Lipinski definition) is 6. The van der Waals surface area contributed by atoms with Gasteiger partial charge in [0, 0.05) is 49.0 Å². The maximum Gasteiger partial charge on any atom is 0.160 e. The maximum absolute atomic E-state index is 15.7. The van der Waals surface area contributed by atoms with E-state index in [1.54, 1.807) is 18.6 Å². The van der Waals surface area contributed by atoms with Crippen molar-refractivity contribution in [2.45, 2.75) is 26.2 Å². The Morgan fingerprint density at radius 2 is 1.88 bits per heavy atom. The normalized spacial score (nSPS) is 14.5. The lowest BCUT2D eigenvalue weighted by Crippen LogP contribution is -2.30. The molecule has 0 aliphatic carbocycles. The predicted octanol–water partition coefficient (Wildman–Crippen LogP) is 4.40. The SMILES string of the molecule is Cc1ccncc1-c1cnc2[nH]nc(-c3nc4c(N5CCCCC5)nccc4[nH]3)c2c1F. The highest BCUT2D eigenvalue weighted by atomic mass is 19.1. The molecule has 0 bridgehead atoms. The molecule has 0 amide bonds. The first-order chi connectivity index (χ1) is 15.7. The number of pyridine rings is 3. The van der Waals surface area contributed by atoms with Crippen molar-refractivity contribution in [2.75, 3.05) is 18.0 Å². The molecule has 6 rings (SSSR count). The van der Waals surface area contributed by atoms with Gasteiger partial charge in [-0.1, -0.05) is 0 Å². The minimum absolute atomic E-state index is 0.303. The summed E-state index contributed by atoms with van der Waals surface area (Å²) in [7, 11) is 0. The zero-order valence-electron chi connectivity index (χ0n) is 17.6. The Kier molecular flexibility index (Phi) is 4.34. The van der Waals surface area contributed by atoms with Gasteiger partial charge in [0.1, 0.15) is 17.0 Å². The van der Waals surface area contributed by atoms with E-state index in [2.05, 4.69) is 35.0 Å². The van der Waals surface area contributed by atoms with E-state index in [9.17, 15) is 0 Å². The van der Waals surface area contributed by atoms with Gasteiger partial charge >= 0.3 is 0 Å². The molecule has 1 aliphatic rings. The van der Waals surface area contributed by atoms with Crippen molar-refractivity contribution >= 4 is 27.9 Å². The number of halogens is 1. The number of imidazole rings is 1. The highest BCUT2D eigenvalue weighted by Crippen LogP contribution is 2.34. The molecule has 0 atom stereocenters. The average molecular weight is 428 g/mol. The lowest BCUT2D eigenvalue weighted by atomic mass is 10.0. The van der Waals surface area contributed by atoms with Crippen LogP contribution in [-0.2, 0) is 0 Å². The van der Waals surface area contributed by atoms with Crippen LogP contribution in [-0.4, -0.2) is 48.2 Å². The summed E-state index contributed by atoms with van der Waals surface area (Å²) in [6.07, 6.45) is 10.2. The van der Waals surface area contributed by atoms with E-state index in [0.717, 1.165) is 48.3 Å². The van der Waals surface area contributed by atoms with Crippen molar-refractivity contribution in [3.05, 3.63) is 48.3 Å². The predicted molar refractivity (Wildman–Crippen MR) is 121 cm³/mol. The van der Waals surface area contributed by atoms with Crippen LogP contribution in [0.3, 0.4) is 0 Å². The third kappa shape index (κ3) is 2.92. The average Bonchev–Trinajstić information content (AvgIpc) is 3.45. The number of fused-ring (bicyclic) bond motifs is 2. The van der Waals surface area contributed by atoms with E-state index < -0.39 is 5.82 Å². The maximum atomic E-state index is 15.7. The van der Waals surface area contributed by atoms with Crippen molar-refractivity contribution in [1.82, 2.24) is 35.1 Å². The number of rotatable bonds is 3. The van der Waals surface area contributed by atoms with Crippen LogP contribution < -0.4 is 4.90 Å². The molecule has 32 heavy (non-hydrogen) atoms. The van der Waals surface area contributed by atoms with E-state index in [4.69, 9.17) is 4.98 Å². The largest absolute Gasteiger partial charge is 0.355 e. The van der Waals surface area contributed by atoms with Crippen LogP contribution in [0, 0.1) is 12.7 Å². The fraction of sp³-hybridized carbons (Fsp3) is 0.261. The van der Waals surface area contributed by atoms with Crippen molar-refractivity contribution in [1.29, 1.82) is 0 Å². The fourth-order valence-electron chi connectivity index (χ4n) is 4.43. The summed E-state index contributed by atoms with van der Waals surface area (Å²) < 4.78 is 15.7. The Bertz CT molecular complexity index is 1450. The van der Waals surface area contributed by atoms with E-state index in [0.29, 0.717) is 33.7 Å². The van der Waals surface area contributed by atoms with Gasteiger partial charge in [0.2, 0.25) is 0 Å². The molecule has 2 N–H and O–H groups in total. The molecule has 0 aromatic carbocycles. The van der Waals surface area contributed by atoms with Gasteiger partial charge in [-0.2, -0.15) is 5.10 Å². The van der Waals surface area contributed by atoms with Crippen LogP contribution in [0.5, 0.6) is 0 Å². The standard InChI is InChI=1S/C23H21FN8/c1-13-5-7-25-11-14(13)15-12-27-21-17(18(15)24)20(30-31-21)22-28-16-6-8-26-23(19(16)29-22)32-9-3-2-4-10-32/h5-8,11-12H,2-4,9-10H2,1H3,(H,28,29)(H,27,30,31). The first-order valence-electron chi connectivity index (χ1n) is 10.7. The summed E-state index contributed by atoms with van der Waals surface area (Å²) >= 11 is 0. The van der Waals surface area contributed by atoms with E-state index in [-0.39, 0.29) is 0 Å². The molecule has 0 spiro atoms. The van der Waals surface area contributed by atoms with Gasteiger partial charge in [0.15, 0.2) is 17.3 Å². The summed E-state index contributed by atoms with van der Waals surface area (Å²) in [5.74, 6) is 0.942. The minimum Gasteiger partial charge on any atom is -0.355 e. The molecule has 0 radical (unpaired) electrons. The van der Waals surface area contributed by atoms with Crippen molar-refractivity contribution < 1.29 is 4.39 Å². The topological polar surface area (TPSA) is 99.3 Å². The summed E-state index contributed by atoms with van der Waals surface area (Å²) in [6, 6.07) is 3.73. The van der Waals surface area contributed by atoms with Crippen LogP contribution in [0.2, 0.25) is 0 Å². The van der Waals surface area contributed by atoms with Crippen LogP contribution in [0.4, 0.5) is 10.2 Å². The Morgan fingerprint density at radius 1 is 1.00 bits per heavy atom. The second kappa shape index (κ2) is 7.37. The van der Waals surface area contributed by atoms with Gasteiger partial charge < -0.3 is 9.88 Å². The van der Waals surface area contributed by atoms with Gasteiger partial charge in [-0.05, 0) is 43.9 Å². The fourth-order valence-corrected chi connectivity index (χ4v) is 4.43. The number of aromatic nitrogens is 7. The van der Waals surface area contributed by atoms with Gasteiger partial charge in [0.05, 0.1) is 10.9 Å². The first-order valence-corrected chi connectivity index (χ1v) is 10.7. The van der Waals surface area contributed by atoms with E-state index in [1.807, 2.05) is 19.1 Å². The van der Waals surface area contributed by atoms with Crippen molar-refractivity contribution in [3.8, 4) is 22.6 Å². The molecule has 0 saturated carbocycles. The van der Waals surface area contributed by atoms with Gasteiger partial charge in [0.25, 0.3) is 0 Å². The third-order valence-electron chi connectivity index (χ3n) is 6.12. The number of piperidine rings is 1. The summed E-state index contributed by atoms with van der Waals surface area (Å²) in [4.78, 5) is 23.5. The Hall–Kier alpha value is -3.88. The summed E-state index contributed by atoms with van der Waals surface area (Å²) in [5.41, 5.74) is 4.40. The molecule has 5 aromatic heterocycles. The van der Waals surface area contributed by atoms with Crippen molar-refractivity contribution in [2.24, 2.45) is 0 Å². The molecular formula is C23H21FN8. The number of aryl methyl sites for hydroxylation is 1. The van der Waals surface area contributed by atoms with E-state index >= 15 is 4.39 Å². The zero-order valence-corrected chi connectivity index (χ0v) is 17.6. The third-order valence-corrected chi connectivity index (χ3v) is 6.12. The highest BCUT2D eigenvalue weighted by Gasteiger charge is 2.23. The molecule has 1 aliphatic heterocycles. The quantitative estimate of drug-likeness (QED) is 0.442. The lowest BCUT2D eigenvalue weighted by Gasteiger charge is -2.27. The van der Waals surface area contributed by atoms with Gasteiger partial charge in [-0.25, -0.2) is 19.3 Å². The molecule has 0 unspecified atom stereocenters. The lowest BCUT2D eigenvalue weighted by molar-refractivity contribution is 0.574. The number of hydrogen-bond donors (Lipinski definition) is 2. The molecular weight excluding hydrogens is 407 g/mol. The summed E-state index contributed by atoms with van der Waals surface area (Å²) in [6.45, 7) is 3.85. The van der Waals surface area contributed by atoms with Crippen molar-refractivity contribution in [3.63, 3.8) is 0 Å². The van der Waals surface area contributed by atoms with Gasteiger partial charge in [-0.3, -0.25) is 10.1 Å². The Balaban J connectivity index is 1.51. The highest BCUT2D eigenvalue weighted by molar-refractivity contribution is 5.96. The molecule has 9 heteroatoms. The van der Waals surface area contributed by atoms with E-state index in [1.165, 1.54) is 12.6 Å². The Morgan fingerprint density at radius 3 is 2.72 bits per heavy atom. The monoisotopic (exact) mass is 428 g/mol. The van der Waals surface area contributed by atoms with Crippen LogP contribution in [0.25, 0.3) is 44.7 Å². The van der Waals surface area contributed by atoms with Crippen LogP contribution in [0.15, 0.2) is 36.9 Å². The van der Waals surface area contributed by atoms with Gasteiger partial charge in [-0.15, -0.1) is 0 Å². The number of nitrogens with one attached hydrogen (secondary N) is 2. The molecule has 6 heterocycles.